The number of aryl methyl sites for hydroxylation is 1. The van der Waals surface area contributed by atoms with Gasteiger partial charge in [0.2, 0.25) is 0 Å². The van der Waals surface area contributed by atoms with E-state index in [2.05, 4.69) is 15.9 Å². The lowest BCUT2D eigenvalue weighted by molar-refractivity contribution is -0.143. The maximum atomic E-state index is 11.0. The van der Waals surface area contributed by atoms with Crippen LogP contribution in [-0.2, 0) is 17.6 Å². The molecule has 0 fully saturated rings. The highest BCUT2D eigenvalue weighted by molar-refractivity contribution is 9.10. The Morgan fingerprint density at radius 2 is 2.20 bits per heavy atom. The summed E-state index contributed by atoms with van der Waals surface area (Å²) in [5.41, 5.74) is 7.01. The molecule has 0 amide bonds. The van der Waals surface area contributed by atoms with Gasteiger partial charge in [0.15, 0.2) is 0 Å². The average Bonchev–Trinajstić information content (AvgIpc) is 2.18. The van der Waals surface area contributed by atoms with E-state index in [1.54, 1.807) is 0 Å². The van der Waals surface area contributed by atoms with E-state index in [0.29, 0.717) is 12.8 Å². The molecule has 80 valence electrons. The largest absolute Gasteiger partial charge is 0.480 e. The minimum atomic E-state index is -1.08. The molecule has 1 aromatic carbocycles. The topological polar surface area (TPSA) is 63.3 Å². The fourth-order valence-corrected chi connectivity index (χ4v) is 2.38. The van der Waals surface area contributed by atoms with Crippen molar-refractivity contribution in [1.29, 1.82) is 0 Å². The predicted octanol–water partition coefficient (Wildman–Crippen LogP) is 1.72. The molecule has 1 aliphatic carbocycles. The molecule has 0 bridgehead atoms. The number of halogens is 1. The number of aliphatic carboxylic acids is 1. The first-order valence-electron chi connectivity index (χ1n) is 4.81. The standard InChI is InChI=1S/C11H12BrNO2/c12-9-2-1-8-6-11(13,10(14)15)4-3-7(8)5-9/h1-2,5H,3-4,6,13H2,(H,14,15). The van der Waals surface area contributed by atoms with E-state index in [1.807, 2.05) is 18.2 Å². The summed E-state index contributed by atoms with van der Waals surface area (Å²) in [6, 6.07) is 5.91. The number of hydrogen-bond acceptors (Lipinski definition) is 2. The van der Waals surface area contributed by atoms with Gasteiger partial charge in [0.1, 0.15) is 5.54 Å². The average molecular weight is 270 g/mol. The Balaban J connectivity index is 2.35. The Kier molecular flexibility index (Phi) is 2.56. The zero-order valence-corrected chi connectivity index (χ0v) is 9.75. The van der Waals surface area contributed by atoms with Crippen LogP contribution in [0.25, 0.3) is 0 Å². The quantitative estimate of drug-likeness (QED) is 0.816. The lowest BCUT2D eigenvalue weighted by atomic mass is 9.79. The maximum absolute atomic E-state index is 11.0. The molecule has 3 nitrogen and oxygen atoms in total. The Morgan fingerprint density at radius 1 is 1.47 bits per heavy atom. The van der Waals surface area contributed by atoms with Gasteiger partial charge in [-0.25, -0.2) is 0 Å². The SMILES string of the molecule is NC1(C(=O)O)CCc2cc(Br)ccc2C1. The minimum Gasteiger partial charge on any atom is -0.480 e. The number of fused-ring (bicyclic) bond motifs is 1. The first-order valence-corrected chi connectivity index (χ1v) is 5.60. The molecule has 1 aliphatic rings. The molecule has 1 unspecified atom stereocenters. The van der Waals surface area contributed by atoms with Crippen LogP contribution in [0.3, 0.4) is 0 Å². The predicted molar refractivity (Wildman–Crippen MR) is 60.7 cm³/mol. The fraction of sp³-hybridized carbons (Fsp3) is 0.364. The lowest BCUT2D eigenvalue weighted by Gasteiger charge is -2.30. The van der Waals surface area contributed by atoms with E-state index < -0.39 is 11.5 Å². The molecular formula is C11H12BrNO2. The molecule has 1 atom stereocenters. The Morgan fingerprint density at radius 3 is 2.87 bits per heavy atom. The third kappa shape index (κ3) is 1.92. The molecule has 0 heterocycles. The van der Waals surface area contributed by atoms with Crippen LogP contribution in [0.5, 0.6) is 0 Å². The fourth-order valence-electron chi connectivity index (χ4n) is 1.97. The summed E-state index contributed by atoms with van der Waals surface area (Å²) in [6.45, 7) is 0. The van der Waals surface area contributed by atoms with Gasteiger partial charge in [-0.3, -0.25) is 4.79 Å². The van der Waals surface area contributed by atoms with Crippen molar-refractivity contribution in [3.8, 4) is 0 Å². The highest BCUT2D eigenvalue weighted by atomic mass is 79.9. The number of carbonyl (C=O) groups is 1. The summed E-state index contributed by atoms with van der Waals surface area (Å²) in [7, 11) is 0. The highest BCUT2D eigenvalue weighted by Gasteiger charge is 2.37. The van der Waals surface area contributed by atoms with Crippen molar-refractivity contribution in [2.45, 2.75) is 24.8 Å². The number of carboxylic acids is 1. The third-order valence-electron chi connectivity index (χ3n) is 2.94. The van der Waals surface area contributed by atoms with Crippen molar-refractivity contribution >= 4 is 21.9 Å². The minimum absolute atomic E-state index is 0.422. The van der Waals surface area contributed by atoms with E-state index >= 15 is 0 Å². The number of rotatable bonds is 1. The molecule has 0 saturated heterocycles. The van der Waals surface area contributed by atoms with Crippen molar-refractivity contribution in [1.82, 2.24) is 0 Å². The van der Waals surface area contributed by atoms with Gasteiger partial charge in [-0.05, 0) is 36.1 Å². The van der Waals surface area contributed by atoms with E-state index in [1.165, 1.54) is 5.56 Å². The van der Waals surface area contributed by atoms with Crippen LogP contribution in [0.1, 0.15) is 17.5 Å². The molecule has 0 spiro atoms. The molecule has 0 aliphatic heterocycles. The van der Waals surface area contributed by atoms with Crippen molar-refractivity contribution in [2.24, 2.45) is 5.73 Å². The van der Waals surface area contributed by atoms with Crippen LogP contribution in [-0.4, -0.2) is 16.6 Å². The zero-order chi connectivity index (χ0) is 11.1. The van der Waals surface area contributed by atoms with Gasteiger partial charge >= 0.3 is 5.97 Å². The van der Waals surface area contributed by atoms with Crippen molar-refractivity contribution < 1.29 is 9.90 Å². The molecule has 0 radical (unpaired) electrons. The van der Waals surface area contributed by atoms with Crippen LogP contribution in [0, 0.1) is 0 Å². The lowest BCUT2D eigenvalue weighted by Crippen LogP contribution is -2.52. The van der Waals surface area contributed by atoms with Crippen LogP contribution in [0.4, 0.5) is 0 Å². The summed E-state index contributed by atoms with van der Waals surface area (Å²) in [4.78, 5) is 11.0. The Bertz CT molecular complexity index is 419. The summed E-state index contributed by atoms with van der Waals surface area (Å²) >= 11 is 3.40. The summed E-state index contributed by atoms with van der Waals surface area (Å²) in [5, 5.41) is 9.04. The summed E-state index contributed by atoms with van der Waals surface area (Å²) in [5.74, 6) is -0.906. The number of benzene rings is 1. The first kappa shape index (κ1) is 10.6. The van der Waals surface area contributed by atoms with Gasteiger partial charge in [-0.15, -0.1) is 0 Å². The van der Waals surface area contributed by atoms with Crippen molar-refractivity contribution in [2.75, 3.05) is 0 Å². The smallest absolute Gasteiger partial charge is 0.324 e. The molecule has 2 rings (SSSR count). The number of nitrogens with two attached hydrogens (primary N) is 1. The van der Waals surface area contributed by atoms with Gasteiger partial charge in [-0.2, -0.15) is 0 Å². The molecule has 0 saturated carbocycles. The molecule has 4 heteroatoms. The van der Waals surface area contributed by atoms with Crippen LogP contribution in [0.15, 0.2) is 22.7 Å². The monoisotopic (exact) mass is 269 g/mol. The number of hydrogen-bond donors (Lipinski definition) is 2. The highest BCUT2D eigenvalue weighted by Crippen LogP contribution is 2.29. The normalized spacial score (nSPS) is 24.7. The number of carboxylic acid groups (broad SMARTS) is 1. The van der Waals surface area contributed by atoms with Crippen LogP contribution >= 0.6 is 15.9 Å². The van der Waals surface area contributed by atoms with Crippen molar-refractivity contribution in [3.63, 3.8) is 0 Å². The van der Waals surface area contributed by atoms with E-state index in [4.69, 9.17) is 10.8 Å². The molecule has 15 heavy (non-hydrogen) atoms. The zero-order valence-electron chi connectivity index (χ0n) is 8.16. The molecular weight excluding hydrogens is 258 g/mol. The molecule has 1 aromatic rings. The van der Waals surface area contributed by atoms with Crippen LogP contribution in [0.2, 0.25) is 0 Å². The third-order valence-corrected chi connectivity index (χ3v) is 3.43. The Hall–Kier alpha value is -0.870. The second kappa shape index (κ2) is 3.61. The molecule has 0 aromatic heterocycles. The maximum Gasteiger partial charge on any atom is 0.324 e. The van der Waals surface area contributed by atoms with Crippen LogP contribution < -0.4 is 5.73 Å². The van der Waals surface area contributed by atoms with Gasteiger partial charge in [0.05, 0.1) is 0 Å². The van der Waals surface area contributed by atoms with Gasteiger partial charge < -0.3 is 10.8 Å². The summed E-state index contributed by atoms with van der Waals surface area (Å²) < 4.78 is 1.03. The second-order valence-corrected chi connectivity index (χ2v) is 4.97. The van der Waals surface area contributed by atoms with E-state index in [9.17, 15) is 4.79 Å². The van der Waals surface area contributed by atoms with Gasteiger partial charge in [0, 0.05) is 10.9 Å². The summed E-state index contributed by atoms with van der Waals surface area (Å²) in [6.07, 6.45) is 1.66. The first-order chi connectivity index (χ1) is 7.01. The van der Waals surface area contributed by atoms with Gasteiger partial charge in [0.25, 0.3) is 0 Å². The van der Waals surface area contributed by atoms with E-state index in [-0.39, 0.29) is 0 Å². The Labute approximate surface area is 96.4 Å². The second-order valence-electron chi connectivity index (χ2n) is 4.05. The van der Waals surface area contributed by atoms with E-state index in [0.717, 1.165) is 16.5 Å². The molecule has 3 N–H and O–H groups in total. The van der Waals surface area contributed by atoms with Gasteiger partial charge in [-0.1, -0.05) is 22.0 Å². The van der Waals surface area contributed by atoms with Crippen molar-refractivity contribution in [3.05, 3.63) is 33.8 Å².